The monoisotopic (exact) mass is 367 g/mol. The van der Waals surface area contributed by atoms with Crippen molar-refractivity contribution < 1.29 is 9.53 Å². The number of rotatable bonds is 8. The average molecular weight is 367 g/mol. The molecule has 1 N–H and O–H groups in total. The first-order valence-corrected chi connectivity index (χ1v) is 9.36. The van der Waals surface area contributed by atoms with Crippen LogP contribution in [0.2, 0.25) is 0 Å². The topological polar surface area (TPSA) is 64.1 Å². The number of aryl methyl sites for hydroxylation is 2. The van der Waals surface area contributed by atoms with Crippen molar-refractivity contribution in [2.75, 3.05) is 11.9 Å². The van der Waals surface area contributed by atoms with E-state index in [-0.39, 0.29) is 5.91 Å². The molecule has 0 saturated heterocycles. The molecule has 1 heterocycles. The normalized spacial score (nSPS) is 10.5. The first-order chi connectivity index (χ1) is 12.7. The fourth-order valence-electron chi connectivity index (χ4n) is 2.39. The van der Waals surface area contributed by atoms with Gasteiger partial charge in [0.2, 0.25) is 11.0 Å². The van der Waals surface area contributed by atoms with Crippen molar-refractivity contribution in [2.24, 2.45) is 0 Å². The molecule has 0 fully saturated rings. The number of carbonyl (C=O) groups is 1. The van der Waals surface area contributed by atoms with Gasteiger partial charge >= 0.3 is 0 Å². The van der Waals surface area contributed by atoms with Crippen LogP contribution in [-0.2, 0) is 17.6 Å². The van der Waals surface area contributed by atoms with Gasteiger partial charge in [-0.2, -0.15) is 0 Å². The van der Waals surface area contributed by atoms with Crippen molar-refractivity contribution in [2.45, 2.75) is 26.2 Å². The van der Waals surface area contributed by atoms with Gasteiger partial charge < -0.3 is 10.1 Å². The molecule has 26 heavy (non-hydrogen) atoms. The van der Waals surface area contributed by atoms with E-state index in [4.69, 9.17) is 4.74 Å². The van der Waals surface area contributed by atoms with Gasteiger partial charge in [0.05, 0.1) is 13.0 Å². The predicted molar refractivity (Wildman–Crippen MR) is 104 cm³/mol. The van der Waals surface area contributed by atoms with Gasteiger partial charge in [0.25, 0.3) is 0 Å². The fourth-order valence-corrected chi connectivity index (χ4v) is 3.19. The second kappa shape index (κ2) is 9.10. The van der Waals surface area contributed by atoms with Gasteiger partial charge in [0, 0.05) is 6.42 Å². The van der Waals surface area contributed by atoms with E-state index in [0.717, 1.165) is 29.2 Å². The first kappa shape index (κ1) is 18.1. The molecule has 0 atom stereocenters. The number of nitrogens with zero attached hydrogens (tertiary/aromatic N) is 2. The Bertz CT molecular complexity index is 832. The smallest absolute Gasteiger partial charge is 0.230 e. The maximum absolute atomic E-state index is 12.1. The van der Waals surface area contributed by atoms with Crippen LogP contribution in [0, 0.1) is 6.92 Å². The third-order valence-corrected chi connectivity index (χ3v) is 4.64. The van der Waals surface area contributed by atoms with Crippen LogP contribution in [0.25, 0.3) is 0 Å². The number of hydrogen-bond donors (Lipinski definition) is 1. The lowest BCUT2D eigenvalue weighted by Crippen LogP contribution is -2.14. The first-order valence-electron chi connectivity index (χ1n) is 8.55. The van der Waals surface area contributed by atoms with Gasteiger partial charge in [-0.25, -0.2) is 0 Å². The van der Waals surface area contributed by atoms with Crippen LogP contribution in [-0.4, -0.2) is 22.7 Å². The number of benzene rings is 2. The number of aromatic nitrogens is 2. The summed E-state index contributed by atoms with van der Waals surface area (Å²) in [4.78, 5) is 12.1. The minimum atomic E-state index is -0.0797. The third-order valence-electron chi connectivity index (χ3n) is 3.75. The van der Waals surface area contributed by atoms with Crippen LogP contribution in [0.5, 0.6) is 5.75 Å². The van der Waals surface area contributed by atoms with E-state index in [9.17, 15) is 4.79 Å². The maximum atomic E-state index is 12.1. The lowest BCUT2D eigenvalue weighted by Gasteiger charge is -2.04. The molecular formula is C20H21N3O2S. The highest BCUT2D eigenvalue weighted by Crippen LogP contribution is 2.17. The molecule has 134 valence electrons. The van der Waals surface area contributed by atoms with E-state index in [0.29, 0.717) is 18.2 Å². The van der Waals surface area contributed by atoms with Crippen LogP contribution < -0.4 is 10.1 Å². The van der Waals surface area contributed by atoms with Crippen LogP contribution in [0.4, 0.5) is 5.13 Å². The summed E-state index contributed by atoms with van der Waals surface area (Å²) >= 11 is 1.41. The molecule has 0 aliphatic rings. The Morgan fingerprint density at radius 1 is 1.08 bits per heavy atom. The Balaban J connectivity index is 1.41. The summed E-state index contributed by atoms with van der Waals surface area (Å²) < 4.78 is 5.66. The highest BCUT2D eigenvalue weighted by atomic mass is 32.1. The quantitative estimate of drug-likeness (QED) is 0.610. The van der Waals surface area contributed by atoms with Crippen molar-refractivity contribution >= 4 is 22.4 Å². The molecule has 0 spiro atoms. The zero-order valence-electron chi connectivity index (χ0n) is 14.6. The molecule has 0 unspecified atom stereocenters. The number of carbonyl (C=O) groups excluding carboxylic acids is 1. The van der Waals surface area contributed by atoms with E-state index >= 15 is 0 Å². The predicted octanol–water partition coefficient (Wildman–Crippen LogP) is 4.04. The number of nitrogens with one attached hydrogen (secondary N) is 1. The van der Waals surface area contributed by atoms with E-state index in [1.54, 1.807) is 0 Å². The Hall–Kier alpha value is -2.73. The molecule has 1 aromatic heterocycles. The zero-order chi connectivity index (χ0) is 18.2. The summed E-state index contributed by atoms with van der Waals surface area (Å²) in [5, 5.41) is 12.4. The second-order valence-corrected chi connectivity index (χ2v) is 7.04. The molecule has 5 nitrogen and oxygen atoms in total. The molecule has 0 bridgehead atoms. The molecule has 3 rings (SSSR count). The van der Waals surface area contributed by atoms with Gasteiger partial charge in [-0.15, -0.1) is 10.2 Å². The summed E-state index contributed by atoms with van der Waals surface area (Å²) in [7, 11) is 0. The molecule has 0 aliphatic carbocycles. The van der Waals surface area contributed by atoms with Crippen molar-refractivity contribution in [3.63, 3.8) is 0 Å². The van der Waals surface area contributed by atoms with Gasteiger partial charge in [0.15, 0.2) is 0 Å². The molecular weight excluding hydrogens is 346 g/mol. The lowest BCUT2D eigenvalue weighted by atomic mass is 10.1. The number of para-hydroxylation sites is 1. The van der Waals surface area contributed by atoms with Crippen molar-refractivity contribution in [3.05, 3.63) is 70.7 Å². The number of anilines is 1. The average Bonchev–Trinajstić information content (AvgIpc) is 3.09. The van der Waals surface area contributed by atoms with Crippen molar-refractivity contribution in [1.29, 1.82) is 0 Å². The Morgan fingerprint density at radius 2 is 1.85 bits per heavy atom. The van der Waals surface area contributed by atoms with Crippen LogP contribution >= 0.6 is 11.3 Å². The van der Waals surface area contributed by atoms with E-state index in [1.165, 1.54) is 16.9 Å². The number of hydrogen-bond acceptors (Lipinski definition) is 5. The standard InChI is InChI=1S/C20H21N3O2S/c1-15-9-11-16(12-10-15)14-18(24)21-20-23-22-19(26-20)8-5-13-25-17-6-3-2-4-7-17/h2-4,6-7,9-12H,5,8,13-14H2,1H3,(H,21,23,24). The Morgan fingerprint density at radius 3 is 2.62 bits per heavy atom. The van der Waals surface area contributed by atoms with E-state index in [2.05, 4.69) is 15.5 Å². The largest absolute Gasteiger partial charge is 0.494 e. The Kier molecular flexibility index (Phi) is 6.33. The lowest BCUT2D eigenvalue weighted by molar-refractivity contribution is -0.115. The van der Waals surface area contributed by atoms with Gasteiger partial charge in [0.1, 0.15) is 10.8 Å². The van der Waals surface area contributed by atoms with Crippen molar-refractivity contribution in [3.8, 4) is 5.75 Å². The van der Waals surface area contributed by atoms with Crippen LogP contribution in [0.15, 0.2) is 54.6 Å². The van der Waals surface area contributed by atoms with Crippen molar-refractivity contribution in [1.82, 2.24) is 10.2 Å². The minimum absolute atomic E-state index is 0.0797. The molecule has 6 heteroatoms. The molecule has 0 saturated carbocycles. The molecule has 1 amide bonds. The van der Waals surface area contributed by atoms with E-state index in [1.807, 2.05) is 61.5 Å². The van der Waals surface area contributed by atoms with Gasteiger partial charge in [-0.3, -0.25) is 4.79 Å². The van der Waals surface area contributed by atoms with E-state index < -0.39 is 0 Å². The zero-order valence-corrected chi connectivity index (χ0v) is 15.5. The molecule has 0 aliphatic heterocycles. The summed E-state index contributed by atoms with van der Waals surface area (Å²) in [5.74, 6) is 0.790. The van der Waals surface area contributed by atoms with Crippen LogP contribution in [0.1, 0.15) is 22.6 Å². The third kappa shape index (κ3) is 5.67. The summed E-state index contributed by atoms with van der Waals surface area (Å²) in [6.07, 6.45) is 1.96. The number of amides is 1. The summed E-state index contributed by atoms with van der Waals surface area (Å²) in [6.45, 7) is 2.65. The van der Waals surface area contributed by atoms with Gasteiger partial charge in [-0.05, 0) is 31.0 Å². The number of ether oxygens (including phenoxy) is 1. The summed E-state index contributed by atoms with van der Waals surface area (Å²) in [6, 6.07) is 17.7. The second-order valence-electron chi connectivity index (χ2n) is 5.98. The SMILES string of the molecule is Cc1ccc(CC(=O)Nc2nnc(CCCOc3ccccc3)s2)cc1. The summed E-state index contributed by atoms with van der Waals surface area (Å²) in [5.41, 5.74) is 2.16. The van der Waals surface area contributed by atoms with Crippen LogP contribution in [0.3, 0.4) is 0 Å². The highest BCUT2D eigenvalue weighted by Gasteiger charge is 2.09. The highest BCUT2D eigenvalue weighted by molar-refractivity contribution is 7.15. The fraction of sp³-hybridized carbons (Fsp3) is 0.250. The molecule has 2 aromatic carbocycles. The maximum Gasteiger partial charge on any atom is 0.230 e. The minimum Gasteiger partial charge on any atom is -0.494 e. The van der Waals surface area contributed by atoms with Gasteiger partial charge in [-0.1, -0.05) is 59.4 Å². The molecule has 0 radical (unpaired) electrons. The Labute approximate surface area is 157 Å². The molecule has 3 aromatic rings.